The second-order valence-corrected chi connectivity index (χ2v) is 6.01. The number of ether oxygens (including phenoxy) is 5. The van der Waals surface area contributed by atoms with Crippen molar-refractivity contribution in [3.63, 3.8) is 0 Å². The van der Waals surface area contributed by atoms with Crippen molar-refractivity contribution in [3.8, 4) is 23.0 Å². The maximum absolute atomic E-state index is 12.4. The predicted octanol–water partition coefficient (Wildman–Crippen LogP) is 3.29. The second kappa shape index (κ2) is 9.12. The van der Waals surface area contributed by atoms with Crippen LogP contribution < -0.4 is 18.9 Å². The average molecular weight is 386 g/mol. The summed E-state index contributed by atoms with van der Waals surface area (Å²) in [7, 11) is 1.49. The van der Waals surface area contributed by atoms with Gasteiger partial charge in [0.15, 0.2) is 35.4 Å². The maximum atomic E-state index is 12.4. The zero-order valence-corrected chi connectivity index (χ0v) is 15.9. The number of ketones is 1. The molecule has 0 radical (unpaired) electrons. The van der Waals surface area contributed by atoms with E-state index in [-0.39, 0.29) is 18.0 Å². The molecule has 0 fully saturated rings. The quantitative estimate of drug-likeness (QED) is 0.533. The lowest BCUT2D eigenvalue weighted by atomic mass is 10.1. The van der Waals surface area contributed by atoms with Crippen LogP contribution in [-0.4, -0.2) is 45.3 Å². The van der Waals surface area contributed by atoms with Crippen LogP contribution in [0.2, 0.25) is 0 Å². The van der Waals surface area contributed by atoms with Crippen molar-refractivity contribution >= 4 is 11.8 Å². The molecule has 3 rings (SSSR count). The first-order valence-electron chi connectivity index (χ1n) is 9.03. The van der Waals surface area contributed by atoms with E-state index in [1.807, 2.05) is 6.92 Å². The zero-order chi connectivity index (χ0) is 19.9. The van der Waals surface area contributed by atoms with Gasteiger partial charge in [0.1, 0.15) is 0 Å². The van der Waals surface area contributed by atoms with Gasteiger partial charge in [-0.25, -0.2) is 4.79 Å². The van der Waals surface area contributed by atoms with Gasteiger partial charge in [0, 0.05) is 12.0 Å². The molecule has 1 aliphatic heterocycles. The fraction of sp³-hybridized carbons (Fsp3) is 0.333. The number of fused-ring (bicyclic) bond motifs is 1. The molecular formula is C21H22O7. The van der Waals surface area contributed by atoms with E-state index in [0.29, 0.717) is 48.4 Å². The van der Waals surface area contributed by atoms with E-state index in [4.69, 9.17) is 23.7 Å². The number of rotatable bonds is 7. The van der Waals surface area contributed by atoms with Crippen molar-refractivity contribution in [1.29, 1.82) is 0 Å². The summed E-state index contributed by atoms with van der Waals surface area (Å²) in [5.74, 6) is 1.12. The van der Waals surface area contributed by atoms with Crippen molar-refractivity contribution in [2.24, 2.45) is 0 Å². The van der Waals surface area contributed by atoms with Crippen LogP contribution in [0.3, 0.4) is 0 Å². The molecule has 0 amide bonds. The monoisotopic (exact) mass is 386 g/mol. The number of hydrogen-bond donors (Lipinski definition) is 0. The lowest BCUT2D eigenvalue weighted by Gasteiger charge is -2.11. The Hall–Kier alpha value is -3.22. The van der Waals surface area contributed by atoms with Gasteiger partial charge in [-0.3, -0.25) is 4.79 Å². The van der Waals surface area contributed by atoms with Gasteiger partial charge in [-0.05, 0) is 43.3 Å². The smallest absolute Gasteiger partial charge is 0.338 e. The molecule has 28 heavy (non-hydrogen) atoms. The van der Waals surface area contributed by atoms with Crippen molar-refractivity contribution in [2.75, 3.05) is 33.5 Å². The summed E-state index contributed by atoms with van der Waals surface area (Å²) >= 11 is 0. The van der Waals surface area contributed by atoms with E-state index in [9.17, 15) is 9.59 Å². The topological polar surface area (TPSA) is 80.3 Å². The Balaban J connectivity index is 1.64. The summed E-state index contributed by atoms with van der Waals surface area (Å²) in [6.07, 6.45) is 0.779. The number of esters is 1. The molecule has 0 saturated carbocycles. The van der Waals surface area contributed by atoms with Gasteiger partial charge in [-0.15, -0.1) is 0 Å². The van der Waals surface area contributed by atoms with E-state index in [0.717, 1.165) is 6.42 Å². The summed E-state index contributed by atoms with van der Waals surface area (Å²) in [4.78, 5) is 24.7. The molecule has 1 aliphatic rings. The lowest BCUT2D eigenvalue weighted by Crippen LogP contribution is -2.14. The van der Waals surface area contributed by atoms with E-state index in [1.54, 1.807) is 30.3 Å². The molecule has 0 aliphatic carbocycles. The van der Waals surface area contributed by atoms with Gasteiger partial charge in [0.2, 0.25) is 0 Å². The van der Waals surface area contributed by atoms with Crippen LogP contribution in [0.4, 0.5) is 0 Å². The summed E-state index contributed by atoms with van der Waals surface area (Å²) in [6.45, 7) is 3.05. The highest BCUT2D eigenvalue weighted by Crippen LogP contribution is 2.31. The number of carbonyl (C=O) groups excluding carboxylic acids is 2. The van der Waals surface area contributed by atoms with Crippen LogP contribution in [0.5, 0.6) is 23.0 Å². The predicted molar refractivity (Wildman–Crippen MR) is 101 cm³/mol. The Kier molecular flexibility index (Phi) is 6.37. The molecule has 2 aromatic carbocycles. The van der Waals surface area contributed by atoms with Crippen molar-refractivity contribution < 1.29 is 33.3 Å². The van der Waals surface area contributed by atoms with Crippen LogP contribution in [0, 0.1) is 0 Å². The summed E-state index contributed by atoms with van der Waals surface area (Å²) in [5, 5.41) is 0. The molecule has 148 valence electrons. The normalized spacial score (nSPS) is 12.6. The van der Waals surface area contributed by atoms with Gasteiger partial charge >= 0.3 is 5.97 Å². The van der Waals surface area contributed by atoms with Gasteiger partial charge in [-0.2, -0.15) is 0 Å². The summed E-state index contributed by atoms with van der Waals surface area (Å²) < 4.78 is 26.9. The standard InChI is InChI=1S/C21H22O7/c1-3-25-17-8-6-15(12-19(17)24-2)21(23)28-13-16(22)14-5-7-18-20(11-14)27-10-4-9-26-18/h5-8,11-12H,3-4,9-10,13H2,1-2H3. The number of Topliss-reactive ketones (excluding diaryl/α,β-unsaturated/α-hetero) is 1. The first-order chi connectivity index (χ1) is 13.6. The van der Waals surface area contributed by atoms with Gasteiger partial charge < -0.3 is 23.7 Å². The minimum absolute atomic E-state index is 0.270. The molecule has 0 bridgehead atoms. The minimum atomic E-state index is -0.621. The molecular weight excluding hydrogens is 364 g/mol. The first kappa shape index (κ1) is 19.5. The number of benzene rings is 2. The van der Waals surface area contributed by atoms with Crippen molar-refractivity contribution in [2.45, 2.75) is 13.3 Å². The molecule has 2 aromatic rings. The Morgan fingerprint density at radius 1 is 0.964 bits per heavy atom. The fourth-order valence-electron chi connectivity index (χ4n) is 2.70. The summed E-state index contributed by atoms with van der Waals surface area (Å²) in [5.41, 5.74) is 0.660. The molecule has 0 N–H and O–H groups in total. The number of carbonyl (C=O) groups is 2. The Morgan fingerprint density at radius 3 is 2.46 bits per heavy atom. The minimum Gasteiger partial charge on any atom is -0.493 e. The van der Waals surface area contributed by atoms with E-state index < -0.39 is 5.97 Å². The van der Waals surface area contributed by atoms with Crippen molar-refractivity contribution in [3.05, 3.63) is 47.5 Å². The molecule has 7 heteroatoms. The highest BCUT2D eigenvalue weighted by molar-refractivity contribution is 6.00. The molecule has 0 unspecified atom stereocenters. The van der Waals surface area contributed by atoms with E-state index in [1.165, 1.54) is 13.2 Å². The number of methoxy groups -OCH3 is 1. The molecule has 0 saturated heterocycles. The SMILES string of the molecule is CCOc1ccc(C(=O)OCC(=O)c2ccc3c(c2)OCCCO3)cc1OC. The summed E-state index contributed by atoms with van der Waals surface area (Å²) in [6, 6.07) is 9.64. The third-order valence-electron chi connectivity index (χ3n) is 4.10. The lowest BCUT2D eigenvalue weighted by molar-refractivity contribution is 0.0474. The third kappa shape index (κ3) is 4.54. The average Bonchev–Trinajstić information content (AvgIpc) is 2.97. The molecule has 1 heterocycles. The van der Waals surface area contributed by atoms with Crippen LogP contribution in [0.1, 0.15) is 34.1 Å². The second-order valence-electron chi connectivity index (χ2n) is 6.01. The maximum Gasteiger partial charge on any atom is 0.338 e. The number of hydrogen-bond acceptors (Lipinski definition) is 7. The Morgan fingerprint density at radius 2 is 1.71 bits per heavy atom. The van der Waals surface area contributed by atoms with Gasteiger partial charge in [0.25, 0.3) is 0 Å². The van der Waals surface area contributed by atoms with Crippen LogP contribution in [-0.2, 0) is 4.74 Å². The zero-order valence-electron chi connectivity index (χ0n) is 15.9. The highest BCUT2D eigenvalue weighted by Gasteiger charge is 2.17. The van der Waals surface area contributed by atoms with E-state index >= 15 is 0 Å². The van der Waals surface area contributed by atoms with Crippen molar-refractivity contribution in [1.82, 2.24) is 0 Å². The van der Waals surface area contributed by atoms with Crippen LogP contribution >= 0.6 is 0 Å². The highest BCUT2D eigenvalue weighted by atomic mass is 16.5. The van der Waals surface area contributed by atoms with E-state index in [2.05, 4.69) is 0 Å². The first-order valence-corrected chi connectivity index (χ1v) is 9.03. The fourth-order valence-corrected chi connectivity index (χ4v) is 2.70. The van der Waals surface area contributed by atoms with Crippen LogP contribution in [0.15, 0.2) is 36.4 Å². The molecule has 0 atom stereocenters. The van der Waals surface area contributed by atoms with Gasteiger partial charge in [0.05, 0.1) is 32.5 Å². The Bertz CT molecular complexity index is 860. The van der Waals surface area contributed by atoms with Crippen LogP contribution in [0.25, 0.3) is 0 Å². The third-order valence-corrected chi connectivity index (χ3v) is 4.10. The van der Waals surface area contributed by atoms with Gasteiger partial charge in [-0.1, -0.05) is 0 Å². The molecule has 0 aromatic heterocycles. The molecule has 7 nitrogen and oxygen atoms in total. The molecule has 0 spiro atoms. The largest absolute Gasteiger partial charge is 0.493 e. The Labute approximate surface area is 163 Å².